The summed E-state index contributed by atoms with van der Waals surface area (Å²) in [4.78, 5) is 6.48. The van der Waals surface area contributed by atoms with Gasteiger partial charge in [0.1, 0.15) is 0 Å². The standard InChI is InChI=1S/C41H27N3S/c1-2-10-28(11-3-1)43-35-15-7-4-12-29(35)33-24-26(18-20-37(33)43)27-19-21-38-34(25-27)30-13-5-8-16-36(30)44(38)41-40-32(22-23-42-41)31-14-6-9-17-39(31)45-40/h1-8,10-16,18-25H,9,17H2. The topological polar surface area (TPSA) is 22.8 Å². The summed E-state index contributed by atoms with van der Waals surface area (Å²) < 4.78 is 6.01. The second-order valence-electron chi connectivity index (χ2n) is 11.9. The normalized spacial score (nSPS) is 13.1. The summed E-state index contributed by atoms with van der Waals surface area (Å²) in [5.74, 6) is 1.02. The van der Waals surface area contributed by atoms with Gasteiger partial charge in [-0.15, -0.1) is 11.3 Å². The number of pyridine rings is 1. The summed E-state index contributed by atoms with van der Waals surface area (Å²) in [5.41, 5.74) is 9.80. The van der Waals surface area contributed by atoms with Gasteiger partial charge in [-0.1, -0.05) is 78.9 Å². The van der Waals surface area contributed by atoms with E-state index in [1.807, 2.05) is 17.5 Å². The monoisotopic (exact) mass is 593 g/mol. The van der Waals surface area contributed by atoms with Crippen molar-refractivity contribution in [3.63, 3.8) is 0 Å². The van der Waals surface area contributed by atoms with Crippen molar-refractivity contribution < 1.29 is 0 Å². The van der Waals surface area contributed by atoms with Crippen molar-refractivity contribution in [2.24, 2.45) is 0 Å². The van der Waals surface area contributed by atoms with E-state index in [9.17, 15) is 0 Å². The molecule has 0 atom stereocenters. The lowest BCUT2D eigenvalue weighted by Gasteiger charge is -2.09. The summed E-state index contributed by atoms with van der Waals surface area (Å²) in [6, 6.07) is 44.2. The molecule has 10 rings (SSSR count). The fourth-order valence-corrected chi connectivity index (χ4v) is 8.69. The first kappa shape index (κ1) is 24.9. The van der Waals surface area contributed by atoms with Gasteiger partial charge in [-0.2, -0.15) is 0 Å². The Morgan fingerprint density at radius 1 is 0.556 bits per heavy atom. The number of allylic oxidation sites excluding steroid dienone is 1. The van der Waals surface area contributed by atoms with Gasteiger partial charge in [-0.25, -0.2) is 4.98 Å². The predicted molar refractivity (Wildman–Crippen MR) is 191 cm³/mol. The Morgan fingerprint density at radius 2 is 1.18 bits per heavy atom. The predicted octanol–water partition coefficient (Wildman–Crippen LogP) is 11.1. The van der Waals surface area contributed by atoms with E-state index in [0.717, 1.165) is 18.7 Å². The average Bonchev–Trinajstić information content (AvgIpc) is 3.76. The molecule has 1 aliphatic carbocycles. The number of benzene rings is 5. The average molecular weight is 594 g/mol. The number of rotatable bonds is 3. The zero-order chi connectivity index (χ0) is 29.5. The first-order valence-corrected chi connectivity index (χ1v) is 16.3. The molecule has 3 nitrogen and oxygen atoms in total. The Balaban J connectivity index is 1.19. The van der Waals surface area contributed by atoms with Crippen LogP contribution in [0.3, 0.4) is 0 Å². The number of hydrogen-bond acceptors (Lipinski definition) is 2. The smallest absolute Gasteiger partial charge is 0.155 e. The zero-order valence-electron chi connectivity index (χ0n) is 24.4. The molecule has 4 aromatic heterocycles. The molecule has 5 aromatic carbocycles. The van der Waals surface area contributed by atoms with Gasteiger partial charge < -0.3 is 4.57 Å². The maximum Gasteiger partial charge on any atom is 0.155 e. The van der Waals surface area contributed by atoms with E-state index in [4.69, 9.17) is 4.98 Å². The van der Waals surface area contributed by atoms with E-state index in [1.54, 1.807) is 0 Å². The number of fused-ring (bicyclic) bond motifs is 9. The molecule has 0 aliphatic heterocycles. The van der Waals surface area contributed by atoms with E-state index < -0.39 is 0 Å². The Hall–Kier alpha value is -5.45. The molecule has 4 heterocycles. The van der Waals surface area contributed by atoms with Gasteiger partial charge in [-0.3, -0.25) is 4.57 Å². The zero-order valence-corrected chi connectivity index (χ0v) is 25.3. The number of para-hydroxylation sites is 3. The van der Waals surface area contributed by atoms with E-state index in [2.05, 4.69) is 143 Å². The summed E-state index contributed by atoms with van der Waals surface area (Å²) in [7, 11) is 0. The highest BCUT2D eigenvalue weighted by atomic mass is 32.1. The van der Waals surface area contributed by atoms with Crippen LogP contribution in [-0.4, -0.2) is 14.1 Å². The minimum absolute atomic E-state index is 1.02. The second-order valence-corrected chi connectivity index (χ2v) is 13.0. The Kier molecular flexibility index (Phi) is 5.28. The number of thiophene rings is 1. The van der Waals surface area contributed by atoms with E-state index in [1.165, 1.54) is 81.0 Å². The van der Waals surface area contributed by atoms with Crippen LogP contribution in [-0.2, 0) is 6.42 Å². The molecule has 212 valence electrons. The maximum atomic E-state index is 5.01. The molecule has 0 saturated carbocycles. The Bertz CT molecular complexity index is 2650. The third-order valence-electron chi connectivity index (χ3n) is 9.43. The highest BCUT2D eigenvalue weighted by Crippen LogP contribution is 2.42. The van der Waals surface area contributed by atoms with E-state index >= 15 is 0 Å². The first-order chi connectivity index (χ1) is 22.3. The van der Waals surface area contributed by atoms with Crippen molar-refractivity contribution >= 4 is 71.1 Å². The van der Waals surface area contributed by atoms with Gasteiger partial charge >= 0.3 is 0 Å². The lowest BCUT2D eigenvalue weighted by Crippen LogP contribution is -1.97. The number of aryl methyl sites for hydroxylation is 1. The summed E-state index contributed by atoms with van der Waals surface area (Å²) in [5, 5.41) is 6.33. The van der Waals surface area contributed by atoms with Crippen LogP contribution in [0.2, 0.25) is 0 Å². The van der Waals surface area contributed by atoms with Crippen LogP contribution in [0.4, 0.5) is 0 Å². The van der Waals surface area contributed by atoms with Crippen molar-refractivity contribution in [2.45, 2.75) is 12.8 Å². The van der Waals surface area contributed by atoms with Gasteiger partial charge in [0.15, 0.2) is 5.82 Å². The molecule has 1 aliphatic rings. The van der Waals surface area contributed by atoms with Gasteiger partial charge in [-0.05, 0) is 84.1 Å². The van der Waals surface area contributed by atoms with Crippen molar-refractivity contribution in [2.75, 3.05) is 0 Å². The molecule has 0 fully saturated rings. The fourth-order valence-electron chi connectivity index (χ4n) is 7.41. The highest BCUT2D eigenvalue weighted by molar-refractivity contribution is 7.19. The molecule has 0 spiro atoms. The molecular weight excluding hydrogens is 567 g/mol. The molecule has 0 bridgehead atoms. The molecule has 0 saturated heterocycles. The van der Waals surface area contributed by atoms with Gasteiger partial charge in [0.2, 0.25) is 0 Å². The van der Waals surface area contributed by atoms with Crippen LogP contribution >= 0.6 is 11.3 Å². The highest BCUT2D eigenvalue weighted by Gasteiger charge is 2.20. The number of nitrogens with zero attached hydrogens (tertiary/aromatic N) is 3. The Morgan fingerprint density at radius 3 is 1.91 bits per heavy atom. The van der Waals surface area contributed by atoms with E-state index in [-0.39, 0.29) is 0 Å². The summed E-state index contributed by atoms with van der Waals surface area (Å²) >= 11 is 1.91. The van der Waals surface area contributed by atoms with Gasteiger partial charge in [0.25, 0.3) is 0 Å². The fraction of sp³-hybridized carbons (Fsp3) is 0.0488. The van der Waals surface area contributed by atoms with Crippen LogP contribution < -0.4 is 0 Å². The van der Waals surface area contributed by atoms with Crippen LogP contribution in [0.25, 0.3) is 82.4 Å². The quantitative estimate of drug-likeness (QED) is 0.200. The van der Waals surface area contributed by atoms with Gasteiger partial charge in [0, 0.05) is 43.7 Å². The van der Waals surface area contributed by atoms with Gasteiger partial charge in [0.05, 0.1) is 26.8 Å². The molecule has 0 unspecified atom stereocenters. The molecule has 9 aromatic rings. The van der Waals surface area contributed by atoms with E-state index in [0.29, 0.717) is 0 Å². The number of hydrogen-bond donors (Lipinski definition) is 0. The first-order valence-electron chi connectivity index (χ1n) is 15.5. The molecule has 0 amide bonds. The van der Waals surface area contributed by atoms with Crippen molar-refractivity contribution in [3.05, 3.63) is 144 Å². The molecular formula is C41H27N3S. The maximum absolute atomic E-state index is 5.01. The van der Waals surface area contributed by atoms with Crippen LogP contribution in [0.1, 0.15) is 16.9 Å². The third-order valence-corrected chi connectivity index (χ3v) is 10.7. The van der Waals surface area contributed by atoms with Crippen LogP contribution in [0.15, 0.2) is 134 Å². The molecule has 0 N–H and O–H groups in total. The Labute approximate surface area is 263 Å². The summed E-state index contributed by atoms with van der Waals surface area (Å²) in [6.07, 6.45) is 8.79. The largest absolute Gasteiger partial charge is 0.309 e. The third kappa shape index (κ3) is 3.60. The molecule has 45 heavy (non-hydrogen) atoms. The molecule has 0 radical (unpaired) electrons. The lowest BCUT2D eigenvalue weighted by atomic mass is 10.0. The number of aromatic nitrogens is 3. The SMILES string of the molecule is C1=Cc2c(sc3c(-n4c5ccccc5c5cc(-c6ccc7c(c6)c6ccccc6n7-c6ccccc6)ccc54)nccc23)CC1. The van der Waals surface area contributed by atoms with Crippen LogP contribution in [0.5, 0.6) is 0 Å². The lowest BCUT2D eigenvalue weighted by molar-refractivity contribution is 1.02. The second kappa shape index (κ2) is 9.52. The summed E-state index contributed by atoms with van der Waals surface area (Å²) in [6.45, 7) is 0. The van der Waals surface area contributed by atoms with Crippen molar-refractivity contribution in [1.29, 1.82) is 0 Å². The molecule has 4 heteroatoms. The van der Waals surface area contributed by atoms with Crippen molar-refractivity contribution in [3.8, 4) is 22.6 Å². The minimum Gasteiger partial charge on any atom is -0.309 e. The van der Waals surface area contributed by atoms with Crippen LogP contribution in [0, 0.1) is 0 Å². The minimum atomic E-state index is 1.02. The van der Waals surface area contributed by atoms with Crippen molar-refractivity contribution in [1.82, 2.24) is 14.1 Å².